The van der Waals surface area contributed by atoms with Crippen LogP contribution >= 0.6 is 0 Å². The minimum Gasteiger partial charge on any atom is -0.0993 e. The van der Waals surface area contributed by atoms with E-state index in [0.717, 1.165) is 17.8 Å². The largest absolute Gasteiger partial charge is 0.0993 e. The molecule has 3 saturated carbocycles. The topological polar surface area (TPSA) is 0 Å². The Labute approximate surface area is 69.7 Å². The number of hydrogen-bond acceptors (Lipinski definition) is 0. The van der Waals surface area contributed by atoms with Gasteiger partial charge in [0.25, 0.3) is 0 Å². The zero-order valence-corrected chi connectivity index (χ0v) is 7.85. The van der Waals surface area contributed by atoms with Gasteiger partial charge in [-0.2, -0.15) is 0 Å². The zero-order valence-electron chi connectivity index (χ0n) is 7.85. The Kier molecular flexibility index (Phi) is 1.28. The molecule has 3 aliphatic carbocycles. The van der Waals surface area contributed by atoms with E-state index in [1.807, 2.05) is 0 Å². The highest BCUT2D eigenvalue weighted by Crippen LogP contribution is 2.62. The smallest absolute Gasteiger partial charge is 0.0146 e. The summed E-state index contributed by atoms with van der Waals surface area (Å²) in [5, 5.41) is 0. The monoisotopic (exact) mass is 150 g/mol. The first kappa shape index (κ1) is 7.39. The van der Waals surface area contributed by atoms with Crippen LogP contribution < -0.4 is 0 Å². The highest BCUT2D eigenvalue weighted by atomic mass is 14.6. The van der Waals surface area contributed by atoms with Crippen molar-refractivity contribution < 1.29 is 0 Å². The SMILES string of the molecule is C=C1[C@H](C)C[C@@H]2C[C@H]1C2(C)C. The summed E-state index contributed by atoms with van der Waals surface area (Å²) in [5.74, 6) is 2.64. The fraction of sp³-hybridized carbons (Fsp3) is 0.818. The summed E-state index contributed by atoms with van der Waals surface area (Å²) >= 11 is 0. The maximum absolute atomic E-state index is 4.21. The van der Waals surface area contributed by atoms with E-state index in [1.165, 1.54) is 18.4 Å². The second-order valence-electron chi connectivity index (χ2n) is 5.02. The number of fused-ring (bicyclic) bond motifs is 2. The van der Waals surface area contributed by atoms with Crippen LogP contribution in [0.4, 0.5) is 0 Å². The quantitative estimate of drug-likeness (QED) is 0.465. The molecule has 0 aromatic rings. The van der Waals surface area contributed by atoms with Crippen LogP contribution in [-0.4, -0.2) is 0 Å². The van der Waals surface area contributed by atoms with Gasteiger partial charge in [0.1, 0.15) is 0 Å². The highest BCUT2D eigenvalue weighted by Gasteiger charge is 2.53. The highest BCUT2D eigenvalue weighted by molar-refractivity contribution is 5.21. The second kappa shape index (κ2) is 1.91. The Morgan fingerprint density at radius 3 is 2.36 bits per heavy atom. The van der Waals surface area contributed by atoms with Crippen molar-refractivity contribution in [3.05, 3.63) is 12.2 Å². The van der Waals surface area contributed by atoms with Crippen LogP contribution in [0.3, 0.4) is 0 Å². The molecule has 0 N–H and O–H groups in total. The van der Waals surface area contributed by atoms with Gasteiger partial charge in [-0.05, 0) is 36.0 Å². The summed E-state index contributed by atoms with van der Waals surface area (Å²) in [6.07, 6.45) is 2.82. The summed E-state index contributed by atoms with van der Waals surface area (Å²) < 4.78 is 0. The average molecular weight is 150 g/mol. The molecule has 0 radical (unpaired) electrons. The molecule has 0 saturated heterocycles. The first-order chi connectivity index (χ1) is 5.03. The maximum Gasteiger partial charge on any atom is -0.0146 e. The Balaban J connectivity index is 2.23. The first-order valence-electron chi connectivity index (χ1n) is 4.72. The van der Waals surface area contributed by atoms with Crippen molar-refractivity contribution in [3.8, 4) is 0 Å². The van der Waals surface area contributed by atoms with Gasteiger partial charge >= 0.3 is 0 Å². The number of rotatable bonds is 0. The molecule has 11 heavy (non-hydrogen) atoms. The van der Waals surface area contributed by atoms with Crippen molar-refractivity contribution in [3.63, 3.8) is 0 Å². The van der Waals surface area contributed by atoms with E-state index < -0.39 is 0 Å². The van der Waals surface area contributed by atoms with Crippen LogP contribution in [0.1, 0.15) is 33.6 Å². The molecule has 62 valence electrons. The average Bonchev–Trinajstić information content (AvgIpc) is 1.93. The van der Waals surface area contributed by atoms with Crippen molar-refractivity contribution in [2.75, 3.05) is 0 Å². The molecule has 0 spiro atoms. The fourth-order valence-corrected chi connectivity index (χ4v) is 2.97. The van der Waals surface area contributed by atoms with Crippen molar-refractivity contribution in [2.24, 2.45) is 23.2 Å². The number of hydrogen-bond donors (Lipinski definition) is 0. The van der Waals surface area contributed by atoms with Gasteiger partial charge < -0.3 is 0 Å². The van der Waals surface area contributed by atoms with E-state index in [9.17, 15) is 0 Å². The van der Waals surface area contributed by atoms with Crippen LogP contribution in [0.25, 0.3) is 0 Å². The van der Waals surface area contributed by atoms with Crippen LogP contribution in [0.15, 0.2) is 12.2 Å². The maximum atomic E-state index is 4.21. The third-order valence-corrected chi connectivity index (χ3v) is 4.19. The van der Waals surface area contributed by atoms with E-state index in [0.29, 0.717) is 5.41 Å². The third-order valence-electron chi connectivity index (χ3n) is 4.19. The van der Waals surface area contributed by atoms with Gasteiger partial charge in [0.15, 0.2) is 0 Å². The molecule has 3 aliphatic rings. The third kappa shape index (κ3) is 0.758. The molecule has 3 rings (SSSR count). The molecule has 3 atom stereocenters. The summed E-state index contributed by atoms with van der Waals surface area (Å²) in [4.78, 5) is 0. The second-order valence-corrected chi connectivity index (χ2v) is 5.02. The zero-order chi connectivity index (χ0) is 8.22. The number of allylic oxidation sites excluding steroid dienone is 1. The van der Waals surface area contributed by atoms with E-state index in [-0.39, 0.29) is 0 Å². The molecular formula is C11H18. The minimum atomic E-state index is 0.587. The Bertz CT molecular complexity index is 200. The summed E-state index contributed by atoms with van der Waals surface area (Å²) in [6, 6.07) is 0. The fourth-order valence-electron chi connectivity index (χ4n) is 2.97. The van der Waals surface area contributed by atoms with Gasteiger partial charge in [-0.3, -0.25) is 0 Å². The molecule has 0 aromatic heterocycles. The molecular weight excluding hydrogens is 132 g/mol. The minimum absolute atomic E-state index is 0.587. The lowest BCUT2D eigenvalue weighted by Crippen LogP contribution is -2.51. The van der Waals surface area contributed by atoms with Crippen molar-refractivity contribution in [1.29, 1.82) is 0 Å². The summed E-state index contributed by atoms with van der Waals surface area (Å²) in [5.41, 5.74) is 2.11. The molecule has 2 bridgehead atoms. The molecule has 0 unspecified atom stereocenters. The predicted molar refractivity (Wildman–Crippen MR) is 48.3 cm³/mol. The van der Waals surface area contributed by atoms with Gasteiger partial charge in [0.05, 0.1) is 0 Å². The lowest BCUT2D eigenvalue weighted by atomic mass is 9.45. The molecule has 0 aromatic carbocycles. The Morgan fingerprint density at radius 1 is 1.36 bits per heavy atom. The van der Waals surface area contributed by atoms with E-state index in [2.05, 4.69) is 27.4 Å². The van der Waals surface area contributed by atoms with Crippen LogP contribution in [0.5, 0.6) is 0 Å². The van der Waals surface area contributed by atoms with Gasteiger partial charge in [0, 0.05) is 0 Å². The molecule has 0 aliphatic heterocycles. The van der Waals surface area contributed by atoms with E-state index in [1.54, 1.807) is 0 Å². The van der Waals surface area contributed by atoms with Crippen molar-refractivity contribution >= 4 is 0 Å². The van der Waals surface area contributed by atoms with Crippen LogP contribution in [0.2, 0.25) is 0 Å². The first-order valence-corrected chi connectivity index (χ1v) is 4.72. The summed E-state index contributed by atoms with van der Waals surface area (Å²) in [7, 11) is 0. The Hall–Kier alpha value is -0.260. The Morgan fingerprint density at radius 2 is 2.00 bits per heavy atom. The van der Waals surface area contributed by atoms with Gasteiger partial charge in [-0.25, -0.2) is 0 Å². The molecule has 3 fully saturated rings. The molecule has 0 heteroatoms. The van der Waals surface area contributed by atoms with Crippen molar-refractivity contribution in [2.45, 2.75) is 33.6 Å². The van der Waals surface area contributed by atoms with Crippen molar-refractivity contribution in [1.82, 2.24) is 0 Å². The van der Waals surface area contributed by atoms with Crippen LogP contribution in [0, 0.1) is 23.2 Å². The summed E-state index contributed by atoms with van der Waals surface area (Å²) in [6.45, 7) is 11.4. The van der Waals surface area contributed by atoms with Gasteiger partial charge in [-0.1, -0.05) is 32.9 Å². The molecule has 0 amide bonds. The standard InChI is InChI=1S/C11H18/c1-7-5-9-6-10(8(7)2)11(9,3)4/h7,9-10H,2,5-6H2,1,3-4H3/t7-,9-,10-/m1/s1. The van der Waals surface area contributed by atoms with E-state index >= 15 is 0 Å². The normalized spacial score (nSPS) is 46.8. The molecule has 0 nitrogen and oxygen atoms in total. The predicted octanol–water partition coefficient (Wildman–Crippen LogP) is 3.24. The molecule has 0 heterocycles. The van der Waals surface area contributed by atoms with E-state index in [4.69, 9.17) is 0 Å². The van der Waals surface area contributed by atoms with Gasteiger partial charge in [-0.15, -0.1) is 0 Å². The lowest BCUT2D eigenvalue weighted by molar-refractivity contribution is -0.0438. The lowest BCUT2D eigenvalue weighted by Gasteiger charge is -2.59. The van der Waals surface area contributed by atoms with Gasteiger partial charge in [0.2, 0.25) is 0 Å². The van der Waals surface area contributed by atoms with Crippen LogP contribution in [-0.2, 0) is 0 Å².